The molecule has 0 bridgehead atoms. The molecule has 0 unspecified atom stereocenters. The molecule has 1 aliphatic rings. The molecule has 2 amide bonds. The van der Waals surface area contributed by atoms with Crippen molar-refractivity contribution >= 4 is 35.0 Å². The fourth-order valence-electron chi connectivity index (χ4n) is 3.64. The van der Waals surface area contributed by atoms with Crippen LogP contribution in [0.1, 0.15) is 19.3 Å². The molecule has 6 nitrogen and oxygen atoms in total. The first-order valence-electron chi connectivity index (χ1n) is 9.68. The Morgan fingerprint density at radius 1 is 0.967 bits per heavy atom. The van der Waals surface area contributed by atoms with E-state index in [1.165, 1.54) is 0 Å². The molecule has 1 atom stereocenters. The summed E-state index contributed by atoms with van der Waals surface area (Å²) < 4.78 is 11.5. The third kappa shape index (κ3) is 6.28. The van der Waals surface area contributed by atoms with Crippen LogP contribution in [0.25, 0.3) is 0 Å². The van der Waals surface area contributed by atoms with Gasteiger partial charge in [0, 0.05) is 35.0 Å². The summed E-state index contributed by atoms with van der Waals surface area (Å²) in [5, 5.41) is 1.21. The Labute approximate surface area is 185 Å². The zero-order valence-electron chi connectivity index (χ0n) is 16.5. The second-order valence-electron chi connectivity index (χ2n) is 7.55. The van der Waals surface area contributed by atoms with E-state index in [0.29, 0.717) is 34.6 Å². The molecule has 2 aromatic carbocycles. The van der Waals surface area contributed by atoms with Gasteiger partial charge in [-0.05, 0) is 61.4 Å². The lowest BCUT2D eigenvalue weighted by molar-refractivity contribution is -0.139. The number of hydrogen-bond acceptors (Lipinski definition) is 4. The van der Waals surface area contributed by atoms with Gasteiger partial charge in [-0.2, -0.15) is 0 Å². The lowest BCUT2D eigenvalue weighted by Crippen LogP contribution is -2.51. The number of likely N-dealkylation sites (tertiary alicyclic amines) is 1. The topological polar surface area (TPSA) is 81.9 Å². The summed E-state index contributed by atoms with van der Waals surface area (Å²) in [5.41, 5.74) is 4.97. The smallest absolute Gasteiger partial charge is 0.260 e. The van der Waals surface area contributed by atoms with Crippen LogP contribution in [0.15, 0.2) is 48.5 Å². The van der Waals surface area contributed by atoms with Crippen LogP contribution in [0.3, 0.4) is 0 Å². The highest BCUT2D eigenvalue weighted by atomic mass is 35.5. The standard InChI is InChI=1S/C22H24Cl2N2O4/c23-16-2-6-18(7-3-16)29-13-21(28)26-11-1-10-22(14-26,12-20(25)27)15-30-19-8-4-17(24)5-9-19/h2-9H,1,10-15H2,(H2,25,27)/t22-/m1/s1. The summed E-state index contributed by atoms with van der Waals surface area (Å²) in [6.45, 7) is 1.17. The van der Waals surface area contributed by atoms with E-state index in [9.17, 15) is 9.59 Å². The van der Waals surface area contributed by atoms with Crippen LogP contribution in [0.2, 0.25) is 10.0 Å². The number of carbonyl (C=O) groups excluding carboxylic acids is 2. The summed E-state index contributed by atoms with van der Waals surface area (Å²) in [5.74, 6) is 0.656. The highest BCUT2D eigenvalue weighted by molar-refractivity contribution is 6.30. The third-order valence-corrected chi connectivity index (χ3v) is 5.60. The van der Waals surface area contributed by atoms with Crippen LogP contribution in [0.4, 0.5) is 0 Å². The van der Waals surface area contributed by atoms with Gasteiger partial charge in [0.25, 0.3) is 5.91 Å². The van der Waals surface area contributed by atoms with Gasteiger partial charge in [0.1, 0.15) is 11.5 Å². The number of nitrogens with zero attached hydrogens (tertiary/aromatic N) is 1. The van der Waals surface area contributed by atoms with Crippen LogP contribution in [0.5, 0.6) is 11.5 Å². The lowest BCUT2D eigenvalue weighted by atomic mass is 9.77. The second-order valence-corrected chi connectivity index (χ2v) is 8.42. The minimum atomic E-state index is -0.542. The fourth-order valence-corrected chi connectivity index (χ4v) is 3.89. The Morgan fingerprint density at radius 2 is 1.53 bits per heavy atom. The summed E-state index contributed by atoms with van der Waals surface area (Å²) in [6.07, 6.45) is 1.64. The quantitative estimate of drug-likeness (QED) is 0.660. The maximum atomic E-state index is 12.7. The van der Waals surface area contributed by atoms with Crippen molar-refractivity contribution in [3.8, 4) is 11.5 Å². The Kier molecular flexibility index (Phi) is 7.45. The van der Waals surface area contributed by atoms with Gasteiger partial charge in [-0.1, -0.05) is 23.2 Å². The zero-order valence-corrected chi connectivity index (χ0v) is 18.0. The number of rotatable bonds is 8. The molecular weight excluding hydrogens is 427 g/mol. The van der Waals surface area contributed by atoms with Gasteiger partial charge in [0.15, 0.2) is 6.61 Å². The first-order valence-corrected chi connectivity index (χ1v) is 10.4. The number of hydrogen-bond donors (Lipinski definition) is 1. The average molecular weight is 451 g/mol. The fraction of sp³-hybridized carbons (Fsp3) is 0.364. The average Bonchev–Trinajstić information content (AvgIpc) is 2.72. The molecule has 0 aliphatic carbocycles. The molecule has 1 aliphatic heterocycles. The molecule has 30 heavy (non-hydrogen) atoms. The molecule has 160 valence electrons. The van der Waals surface area contributed by atoms with Gasteiger partial charge < -0.3 is 20.1 Å². The van der Waals surface area contributed by atoms with E-state index in [0.717, 1.165) is 12.8 Å². The van der Waals surface area contributed by atoms with Crippen molar-refractivity contribution in [3.05, 3.63) is 58.6 Å². The van der Waals surface area contributed by atoms with Gasteiger partial charge in [-0.25, -0.2) is 0 Å². The van der Waals surface area contributed by atoms with Crippen molar-refractivity contribution in [3.63, 3.8) is 0 Å². The number of amides is 2. The largest absolute Gasteiger partial charge is 0.493 e. The lowest BCUT2D eigenvalue weighted by Gasteiger charge is -2.42. The van der Waals surface area contributed by atoms with Gasteiger partial charge in [-0.3, -0.25) is 9.59 Å². The van der Waals surface area contributed by atoms with E-state index in [1.54, 1.807) is 53.4 Å². The van der Waals surface area contributed by atoms with Crippen molar-refractivity contribution in [2.24, 2.45) is 11.1 Å². The molecule has 8 heteroatoms. The van der Waals surface area contributed by atoms with E-state index >= 15 is 0 Å². The minimum Gasteiger partial charge on any atom is -0.493 e. The van der Waals surface area contributed by atoms with Gasteiger partial charge in [0.2, 0.25) is 5.91 Å². The molecule has 2 aromatic rings. The van der Waals surface area contributed by atoms with Gasteiger partial charge in [0.05, 0.1) is 6.61 Å². The van der Waals surface area contributed by atoms with Crippen LogP contribution < -0.4 is 15.2 Å². The Balaban J connectivity index is 1.63. The number of primary amides is 1. The van der Waals surface area contributed by atoms with Crippen LogP contribution in [-0.4, -0.2) is 43.0 Å². The van der Waals surface area contributed by atoms with E-state index in [-0.39, 0.29) is 25.5 Å². The normalized spacial score (nSPS) is 18.7. The summed E-state index contributed by atoms with van der Waals surface area (Å²) in [7, 11) is 0. The van der Waals surface area contributed by atoms with E-state index in [4.69, 9.17) is 38.4 Å². The molecule has 1 heterocycles. The number of benzene rings is 2. The number of piperidine rings is 1. The van der Waals surface area contributed by atoms with Gasteiger partial charge >= 0.3 is 0 Å². The molecule has 0 spiro atoms. The Bertz CT molecular complexity index is 874. The van der Waals surface area contributed by atoms with Crippen LogP contribution in [0, 0.1) is 5.41 Å². The Morgan fingerprint density at radius 3 is 2.10 bits per heavy atom. The SMILES string of the molecule is NC(=O)C[C@]1(COc2ccc(Cl)cc2)CCCN(C(=O)COc2ccc(Cl)cc2)C1. The first-order chi connectivity index (χ1) is 14.3. The van der Waals surface area contributed by atoms with Gasteiger partial charge in [-0.15, -0.1) is 0 Å². The number of carbonyl (C=O) groups is 2. The molecule has 0 aromatic heterocycles. The highest BCUT2D eigenvalue weighted by Gasteiger charge is 2.39. The van der Waals surface area contributed by atoms with E-state index in [1.807, 2.05) is 0 Å². The molecule has 1 saturated heterocycles. The molecular formula is C22H24Cl2N2O4. The van der Waals surface area contributed by atoms with E-state index in [2.05, 4.69) is 0 Å². The summed E-state index contributed by atoms with van der Waals surface area (Å²) >= 11 is 11.8. The second kappa shape index (κ2) is 10.0. The molecule has 1 fully saturated rings. The molecule has 0 radical (unpaired) electrons. The molecule has 2 N–H and O–H groups in total. The van der Waals surface area contributed by atoms with Crippen molar-refractivity contribution in [2.75, 3.05) is 26.3 Å². The Hall–Kier alpha value is -2.44. The maximum Gasteiger partial charge on any atom is 0.260 e. The molecule has 0 saturated carbocycles. The predicted octanol–water partition coefficient (Wildman–Crippen LogP) is 3.94. The highest BCUT2D eigenvalue weighted by Crippen LogP contribution is 2.34. The van der Waals surface area contributed by atoms with Crippen molar-refractivity contribution in [1.29, 1.82) is 0 Å². The van der Waals surface area contributed by atoms with E-state index < -0.39 is 11.3 Å². The molecule has 3 rings (SSSR count). The number of ether oxygens (including phenoxy) is 2. The number of nitrogens with two attached hydrogens (primary N) is 1. The van der Waals surface area contributed by atoms with Crippen LogP contribution >= 0.6 is 23.2 Å². The van der Waals surface area contributed by atoms with Crippen molar-refractivity contribution < 1.29 is 19.1 Å². The van der Waals surface area contributed by atoms with Crippen LogP contribution in [-0.2, 0) is 9.59 Å². The predicted molar refractivity (Wildman–Crippen MR) is 116 cm³/mol. The van der Waals surface area contributed by atoms with Crippen molar-refractivity contribution in [1.82, 2.24) is 4.90 Å². The first kappa shape index (κ1) is 22.2. The maximum absolute atomic E-state index is 12.7. The summed E-state index contributed by atoms with van der Waals surface area (Å²) in [4.78, 5) is 26.2. The van der Waals surface area contributed by atoms with Crippen molar-refractivity contribution in [2.45, 2.75) is 19.3 Å². The minimum absolute atomic E-state index is 0.0909. The summed E-state index contributed by atoms with van der Waals surface area (Å²) in [6, 6.07) is 13.8. The zero-order chi connectivity index (χ0) is 21.6. The third-order valence-electron chi connectivity index (χ3n) is 5.10. The monoisotopic (exact) mass is 450 g/mol. The number of halogens is 2.